The molecule has 6 unspecified atom stereocenters. The number of fused-ring (bicyclic) bond motifs is 5. The van der Waals surface area contributed by atoms with E-state index in [1.54, 1.807) is 75.1 Å². The number of aromatic nitrogens is 1. The first kappa shape index (κ1) is 116. The molecule has 5 aromatic carbocycles. The second kappa shape index (κ2) is 49.8. The number of Topliss-reactive ketones (excluding diaryl/α,β-unsaturated/α-hetero) is 5. The van der Waals surface area contributed by atoms with Crippen molar-refractivity contribution in [1.29, 1.82) is 0 Å². The summed E-state index contributed by atoms with van der Waals surface area (Å²) in [5.41, 5.74) is -1.85. The molecule has 10 aliphatic rings. The molecule has 0 aliphatic carbocycles. The molecule has 148 heavy (non-hydrogen) atoms. The van der Waals surface area contributed by atoms with Crippen LogP contribution in [-0.4, -0.2) is 229 Å². The van der Waals surface area contributed by atoms with Crippen molar-refractivity contribution < 1.29 is 102 Å². The lowest BCUT2D eigenvalue weighted by Crippen LogP contribution is -2.56. The number of unbranched alkanes of at least 4 members (excludes halogenated alkanes) is 9. The van der Waals surface area contributed by atoms with E-state index in [1.807, 2.05) is 26.0 Å². The molecule has 6 aromatic rings. The van der Waals surface area contributed by atoms with Crippen LogP contribution in [0.2, 0.25) is 0 Å². The van der Waals surface area contributed by atoms with E-state index in [0.29, 0.717) is 152 Å². The standard InChI is InChI=1S/C24H26ClN3O4.C24H33ClN2O4S.C22H29ClN2O4.C20H23Cl2NO5.C20H23Cl2NO4/c1-3-4-5-6-7-16-18(29)9-8-17-20(16)32-24(22(17)30)21(19(25)23(31)28(24)2)27-14-15-10-12-26-13-11-15;1-5-8-9-10-11-16-18(28)13-12-17-20(16)31-24(21(17)29)22(19(25)23(30)26(24)4)32-15-14-27(6-2)7-3;1-5-6-7-8-9-14-16(26)11-10-15-18(14)29-22(20(15)27)19(24-12-13(2)3)17(23)21(28)25(22)4;1-11(2)5-4-6-12-14(27-10-9-24)8-7-13-16(12)28-20(18(13)25)17(22)15(21)19(26)23(20)3;1-5-11(2)7-6-8-12-14(26-4)10-9-13-16(12)27-20(18(13)24)17(22)15(21)19(25)23(20)3/h8-13,27,29H,3-7,14H2,1-2H3;12-13,28H,5-11,14-15H2,1-4H3;10-11,13,24,26H,5-9,12H2,1-4H3;7-8,11,24H,4-6,9-10H2,1-3H3;9-11H,5-8H2,1-4H3. The Bertz CT molecular complexity index is 6270. The van der Waals surface area contributed by atoms with Gasteiger partial charge in [-0.2, -0.15) is 0 Å². The Morgan fingerprint density at radius 2 is 0.764 bits per heavy atom. The zero-order valence-electron chi connectivity index (χ0n) is 86.9. The third-order valence-corrected chi connectivity index (χ3v) is 32.6. The van der Waals surface area contributed by atoms with E-state index in [2.05, 4.69) is 82.8 Å². The van der Waals surface area contributed by atoms with Crippen molar-refractivity contribution in [2.24, 2.45) is 17.8 Å². The Hall–Kier alpha value is -10.5. The maximum Gasteiger partial charge on any atom is 0.291 e. The van der Waals surface area contributed by atoms with Gasteiger partial charge in [0.2, 0.25) is 28.9 Å². The summed E-state index contributed by atoms with van der Waals surface area (Å²) >= 11 is 45.2. The van der Waals surface area contributed by atoms with Gasteiger partial charge in [-0.15, -0.1) is 11.8 Å². The number of nitrogens with one attached hydrogen (secondary N) is 2. The minimum atomic E-state index is -1.76. The van der Waals surface area contributed by atoms with E-state index >= 15 is 0 Å². The predicted molar refractivity (Wildman–Crippen MR) is 573 cm³/mol. The van der Waals surface area contributed by atoms with Gasteiger partial charge in [0.1, 0.15) is 111 Å². The van der Waals surface area contributed by atoms with E-state index in [1.165, 1.54) is 66.8 Å². The monoisotopic (exact) mass is 2190 g/mol. The molecular weight excluding hydrogens is 2060 g/mol. The number of pyridine rings is 1. The fourth-order valence-electron chi connectivity index (χ4n) is 19.5. The molecule has 6 N–H and O–H groups in total. The van der Waals surface area contributed by atoms with Crippen molar-refractivity contribution in [1.82, 2.24) is 45.0 Å². The number of nitrogens with zero attached hydrogens (tertiary/aromatic N) is 7. The number of phenols is 3. The molecule has 10 aliphatic heterocycles. The minimum absolute atomic E-state index is 0.0342. The third-order valence-electron chi connectivity index (χ3n) is 28.5. The van der Waals surface area contributed by atoms with Crippen LogP contribution in [0, 0.1) is 17.8 Å². The summed E-state index contributed by atoms with van der Waals surface area (Å²) in [6.07, 6.45) is 23.8. The highest BCUT2D eigenvalue weighted by atomic mass is 35.5. The number of aliphatic hydroxyl groups excluding tert-OH is 1. The van der Waals surface area contributed by atoms with E-state index in [4.69, 9.17) is 119 Å². The van der Waals surface area contributed by atoms with Gasteiger partial charge in [-0.3, -0.25) is 77.4 Å². The zero-order valence-corrected chi connectivity index (χ0v) is 93.0. The number of rotatable bonds is 40. The van der Waals surface area contributed by atoms with Crippen LogP contribution in [0.1, 0.15) is 270 Å². The average Bonchev–Trinajstić information content (AvgIpc) is 1.56. The number of aliphatic hydroxyl groups is 1. The van der Waals surface area contributed by atoms with Crippen LogP contribution in [0.25, 0.3) is 0 Å². The van der Waals surface area contributed by atoms with E-state index in [0.717, 1.165) is 155 Å². The zero-order chi connectivity index (χ0) is 108. The first-order chi connectivity index (χ1) is 70.5. The van der Waals surface area contributed by atoms with Gasteiger partial charge in [0.15, 0.2) is 0 Å². The molecule has 0 radical (unpaired) electrons. The Labute approximate surface area is 904 Å². The smallest absolute Gasteiger partial charge is 0.291 e. The highest BCUT2D eigenvalue weighted by molar-refractivity contribution is 8.03. The number of likely N-dealkylation sites (N-methyl/N-ethyl adjacent to an activating group) is 5. The summed E-state index contributed by atoms with van der Waals surface area (Å²) in [5, 5.41) is 46.2. The average molecular weight is 2200 g/mol. The van der Waals surface area contributed by atoms with Gasteiger partial charge in [-0.1, -0.05) is 234 Å². The number of benzene rings is 5. The van der Waals surface area contributed by atoms with E-state index in [9.17, 15) is 63.3 Å². The molecule has 11 heterocycles. The number of aromatic hydroxyl groups is 3. The van der Waals surface area contributed by atoms with Crippen LogP contribution in [0.4, 0.5) is 0 Å². The summed E-state index contributed by atoms with van der Waals surface area (Å²) in [6.45, 7) is 26.8. The number of phenolic OH excluding ortho intramolecular Hbond substituents is 3. The fraction of sp³-hybridized carbons (Fsp3) is 0.500. The molecule has 6 atom stereocenters. The first-order valence-corrected chi connectivity index (χ1v) is 54.4. The van der Waals surface area contributed by atoms with Crippen molar-refractivity contribution in [3.05, 3.63) is 198 Å². The van der Waals surface area contributed by atoms with Crippen LogP contribution in [0.3, 0.4) is 0 Å². The number of methoxy groups -OCH3 is 1. The number of halogens is 7. The highest BCUT2D eigenvalue weighted by Crippen LogP contribution is 2.58. The van der Waals surface area contributed by atoms with Gasteiger partial charge in [0, 0.05) is 101 Å². The number of carbonyl (C=O) groups is 10. The van der Waals surface area contributed by atoms with Gasteiger partial charge >= 0.3 is 0 Å². The Morgan fingerprint density at radius 3 is 1.16 bits per heavy atom. The Morgan fingerprint density at radius 1 is 0.412 bits per heavy atom. The number of hydrogen-bond acceptors (Lipinski definition) is 26. The van der Waals surface area contributed by atoms with Crippen LogP contribution < -0.4 is 43.8 Å². The summed E-state index contributed by atoms with van der Waals surface area (Å²) in [7, 11) is 9.04. The first-order valence-electron chi connectivity index (χ1n) is 50.8. The normalized spacial score (nSPS) is 20.8. The molecule has 800 valence electrons. The third kappa shape index (κ3) is 21.8. The van der Waals surface area contributed by atoms with Gasteiger partial charge < -0.3 is 69.1 Å². The number of amides is 5. The molecule has 0 saturated heterocycles. The molecule has 5 amide bonds. The van der Waals surface area contributed by atoms with Crippen LogP contribution in [-0.2, 0) is 62.6 Å². The van der Waals surface area contributed by atoms with Gasteiger partial charge in [-0.25, -0.2) is 0 Å². The van der Waals surface area contributed by atoms with E-state index in [-0.39, 0.29) is 106 Å². The molecule has 0 fully saturated rings. The van der Waals surface area contributed by atoms with Gasteiger partial charge in [-0.05, 0) is 173 Å². The Kier molecular flexibility index (Phi) is 39.1. The summed E-state index contributed by atoms with van der Waals surface area (Å²) in [5.74, 6) is 1.08. The summed E-state index contributed by atoms with van der Waals surface area (Å²) < 4.78 is 42.2. The topological polar surface area (TPSA) is 373 Å². The Balaban J connectivity index is 0.000000165. The fourth-order valence-corrected chi connectivity index (χ4v) is 23.0. The van der Waals surface area contributed by atoms with Crippen LogP contribution >= 0.6 is 93.0 Å². The lowest BCUT2D eigenvalue weighted by Gasteiger charge is -2.32. The minimum Gasteiger partial charge on any atom is -0.508 e. The quantitative estimate of drug-likeness (QED) is 0.0195. The van der Waals surface area contributed by atoms with Crippen LogP contribution in [0.5, 0.6) is 57.5 Å². The number of ether oxygens (including phenoxy) is 7. The lowest BCUT2D eigenvalue weighted by atomic mass is 9.96. The SMILES string of the molecule is CC(C)CCCc1c(OCCO)ccc2c1OC1(C2=O)C(Cl)=C(Cl)C(=O)N1C.CCC(C)CCCc1c(OC)ccc2c1OC1(C2=O)C(Cl)=C(Cl)C(=O)N1C.CCCCCCc1c(O)ccc2c1OC1(C2=O)C(NCC(C)C)=C(Cl)C(=O)N1C.CCCCCCc1c(O)ccc2c1OC1(C2=O)C(NCc2ccncc2)=C(Cl)C(=O)N1C.CCCCCCc1c(O)ccc2c1OC1(C2=O)C(SCCN(CC)CC)=C(Cl)C(=O)N1C. The largest absolute Gasteiger partial charge is 0.508 e. The molecule has 16 rings (SSSR count). The van der Waals surface area contributed by atoms with Crippen molar-refractivity contribution >= 4 is 151 Å². The van der Waals surface area contributed by atoms with Crippen molar-refractivity contribution in [3.63, 3.8) is 0 Å². The maximum atomic E-state index is 13.7. The summed E-state index contributed by atoms with van der Waals surface area (Å²) in [4.78, 5) is 143. The number of hydrogen-bond donors (Lipinski definition) is 6. The number of thioether (sulfide) groups is 1. The van der Waals surface area contributed by atoms with Crippen molar-refractivity contribution in [3.8, 4) is 57.5 Å². The lowest BCUT2D eigenvalue weighted by molar-refractivity contribution is -0.133. The molecule has 0 bridgehead atoms. The van der Waals surface area contributed by atoms with Crippen LogP contribution in [0.15, 0.2) is 137 Å². The molecular formula is C110H134Cl7N9O21S. The second-order valence-electron chi connectivity index (χ2n) is 38.9. The molecule has 30 nitrogen and oxygen atoms in total. The maximum absolute atomic E-state index is 13.7. The number of carbonyl (C=O) groups excluding carboxylic acids is 10. The van der Waals surface area contributed by atoms with Gasteiger partial charge in [0.05, 0.1) is 46.4 Å². The predicted octanol–water partition coefficient (Wildman–Crippen LogP) is 20.6. The highest BCUT2D eigenvalue weighted by Gasteiger charge is 2.68. The molecule has 38 heteroatoms. The second-order valence-corrected chi connectivity index (χ2v) is 42.6. The van der Waals surface area contributed by atoms with Crippen molar-refractivity contribution in [2.75, 3.05) is 87.5 Å². The van der Waals surface area contributed by atoms with Crippen molar-refractivity contribution in [2.45, 2.75) is 253 Å². The molecule has 5 spiro atoms. The van der Waals surface area contributed by atoms with E-state index < -0.39 is 63.9 Å². The molecule has 1 aromatic heterocycles. The molecule has 0 saturated carbocycles. The number of ketones is 5. The summed E-state index contributed by atoms with van der Waals surface area (Å²) in [6, 6.07) is 19.6. The van der Waals surface area contributed by atoms with Gasteiger partial charge in [0.25, 0.3) is 58.2 Å².